The number of aromatic nitrogens is 3. The number of amides is 1. The minimum Gasteiger partial charge on any atom is -0.497 e. The first-order valence-corrected chi connectivity index (χ1v) is 14.4. The van der Waals surface area contributed by atoms with Crippen LogP contribution in [0.4, 0.5) is 11.6 Å². The van der Waals surface area contributed by atoms with Crippen molar-refractivity contribution in [2.45, 2.75) is 19.6 Å². The number of nitrogens with zero attached hydrogens (tertiary/aromatic N) is 3. The zero-order chi connectivity index (χ0) is 31.3. The zero-order valence-electron chi connectivity index (χ0n) is 25.4. The van der Waals surface area contributed by atoms with Gasteiger partial charge in [-0.1, -0.05) is 54.6 Å². The Labute approximate surface area is 261 Å². The number of fused-ring (bicyclic) bond motifs is 1. The standard InChI is InChI=1S/C35H33N5O5/c1-22-31(34(41)37-29-15-8-9-16-30(29)44-4)32(24-13-10-14-26(17-24)45-21-23-11-6-5-7-12-23)40-35(36-22)38-33(39-40)25-18-27(42-2)20-28(19-25)43-3/h5-20,32H,21H2,1-4H3,(H,37,41)(H,36,38,39). The molecular weight excluding hydrogens is 570 g/mol. The molecular formula is C35H33N5O5. The number of rotatable bonds is 10. The van der Waals surface area contributed by atoms with Crippen molar-refractivity contribution >= 4 is 17.5 Å². The summed E-state index contributed by atoms with van der Waals surface area (Å²) in [6, 6.07) is 29.8. The normalized spacial score (nSPS) is 13.8. The predicted octanol–water partition coefficient (Wildman–Crippen LogP) is 6.48. The van der Waals surface area contributed by atoms with Gasteiger partial charge in [0.1, 0.15) is 35.6 Å². The zero-order valence-corrected chi connectivity index (χ0v) is 25.4. The van der Waals surface area contributed by atoms with Crippen molar-refractivity contribution in [1.29, 1.82) is 0 Å². The second-order valence-corrected chi connectivity index (χ2v) is 10.4. The Hall–Kier alpha value is -5.77. The molecule has 45 heavy (non-hydrogen) atoms. The molecule has 0 saturated heterocycles. The van der Waals surface area contributed by atoms with E-state index in [1.807, 2.05) is 85.8 Å². The van der Waals surface area contributed by atoms with Crippen molar-refractivity contribution < 1.29 is 23.7 Å². The van der Waals surface area contributed by atoms with Crippen LogP contribution >= 0.6 is 0 Å². The van der Waals surface area contributed by atoms with E-state index < -0.39 is 6.04 Å². The number of allylic oxidation sites excluding steroid dienone is 1. The largest absolute Gasteiger partial charge is 0.497 e. The van der Waals surface area contributed by atoms with Gasteiger partial charge in [0.25, 0.3) is 5.91 Å². The molecule has 0 saturated carbocycles. The van der Waals surface area contributed by atoms with Gasteiger partial charge in [-0.05, 0) is 54.4 Å². The Balaban J connectivity index is 1.42. The molecule has 1 aliphatic heterocycles. The maximum Gasteiger partial charge on any atom is 0.255 e. The average molecular weight is 604 g/mol. The lowest BCUT2D eigenvalue weighted by molar-refractivity contribution is -0.113. The molecule has 1 amide bonds. The van der Waals surface area contributed by atoms with Crippen molar-refractivity contribution in [2.24, 2.45) is 0 Å². The van der Waals surface area contributed by atoms with Gasteiger partial charge in [0, 0.05) is 17.3 Å². The van der Waals surface area contributed by atoms with Crippen molar-refractivity contribution in [3.8, 4) is 34.4 Å². The van der Waals surface area contributed by atoms with E-state index in [9.17, 15) is 4.79 Å². The molecule has 0 spiro atoms. The average Bonchev–Trinajstić information content (AvgIpc) is 3.51. The number of carbonyl (C=O) groups excluding carboxylic acids is 1. The van der Waals surface area contributed by atoms with Crippen LogP contribution in [-0.2, 0) is 11.4 Å². The van der Waals surface area contributed by atoms with Crippen LogP contribution < -0.4 is 29.6 Å². The van der Waals surface area contributed by atoms with E-state index in [-0.39, 0.29) is 5.91 Å². The molecule has 10 heteroatoms. The summed E-state index contributed by atoms with van der Waals surface area (Å²) >= 11 is 0. The molecule has 228 valence electrons. The van der Waals surface area contributed by atoms with Gasteiger partial charge >= 0.3 is 0 Å². The molecule has 1 atom stereocenters. The number of benzene rings is 4. The van der Waals surface area contributed by atoms with Crippen molar-refractivity contribution in [3.05, 3.63) is 119 Å². The molecule has 2 N–H and O–H groups in total. The van der Waals surface area contributed by atoms with Crippen LogP contribution in [-0.4, -0.2) is 42.0 Å². The number of nitrogens with one attached hydrogen (secondary N) is 2. The Morgan fingerprint density at radius 3 is 2.31 bits per heavy atom. The highest BCUT2D eigenvalue weighted by atomic mass is 16.5. The van der Waals surface area contributed by atoms with Gasteiger partial charge < -0.3 is 29.6 Å². The second-order valence-electron chi connectivity index (χ2n) is 10.4. The van der Waals surface area contributed by atoms with E-state index >= 15 is 0 Å². The monoisotopic (exact) mass is 603 g/mol. The molecule has 0 fully saturated rings. The van der Waals surface area contributed by atoms with Crippen molar-refractivity contribution in [2.75, 3.05) is 32.0 Å². The van der Waals surface area contributed by atoms with Crippen LogP contribution in [0.3, 0.4) is 0 Å². The fraction of sp³-hybridized carbons (Fsp3) is 0.171. The van der Waals surface area contributed by atoms with Crippen LogP contribution in [0.2, 0.25) is 0 Å². The van der Waals surface area contributed by atoms with Crippen molar-refractivity contribution in [1.82, 2.24) is 14.8 Å². The van der Waals surface area contributed by atoms with Gasteiger partial charge in [0.05, 0.1) is 32.6 Å². The molecule has 1 unspecified atom stereocenters. The van der Waals surface area contributed by atoms with Gasteiger partial charge in [-0.2, -0.15) is 4.98 Å². The van der Waals surface area contributed by atoms with Gasteiger partial charge in [-0.3, -0.25) is 4.79 Å². The van der Waals surface area contributed by atoms with E-state index in [0.717, 1.165) is 11.1 Å². The summed E-state index contributed by atoms with van der Waals surface area (Å²) in [6.07, 6.45) is 0. The fourth-order valence-electron chi connectivity index (χ4n) is 5.26. The second kappa shape index (κ2) is 12.8. The predicted molar refractivity (Wildman–Crippen MR) is 172 cm³/mol. The topological polar surface area (TPSA) is 109 Å². The highest BCUT2D eigenvalue weighted by Crippen LogP contribution is 2.39. The number of hydrogen-bond acceptors (Lipinski definition) is 8. The Morgan fingerprint density at radius 1 is 0.844 bits per heavy atom. The van der Waals surface area contributed by atoms with Gasteiger partial charge in [0.15, 0.2) is 5.82 Å². The maximum atomic E-state index is 14.1. The van der Waals surface area contributed by atoms with Crippen LogP contribution in [0.1, 0.15) is 24.1 Å². The highest BCUT2D eigenvalue weighted by molar-refractivity contribution is 6.06. The van der Waals surface area contributed by atoms with Crippen LogP contribution in [0.5, 0.6) is 23.0 Å². The van der Waals surface area contributed by atoms with Crippen LogP contribution in [0.15, 0.2) is 108 Å². The molecule has 4 aromatic carbocycles. The smallest absolute Gasteiger partial charge is 0.255 e. The summed E-state index contributed by atoms with van der Waals surface area (Å²) in [4.78, 5) is 18.9. The first-order valence-electron chi connectivity index (χ1n) is 14.4. The Kier molecular flexibility index (Phi) is 8.37. The molecule has 2 heterocycles. The fourth-order valence-corrected chi connectivity index (χ4v) is 5.26. The minimum atomic E-state index is -0.634. The molecule has 0 radical (unpaired) electrons. The number of carbonyl (C=O) groups is 1. The van der Waals surface area contributed by atoms with E-state index in [4.69, 9.17) is 29.0 Å². The molecule has 0 bridgehead atoms. The number of anilines is 2. The molecule has 5 aromatic rings. The summed E-state index contributed by atoms with van der Waals surface area (Å²) in [5.74, 6) is 3.05. The van der Waals surface area contributed by atoms with E-state index in [0.29, 0.717) is 63.9 Å². The van der Waals surface area contributed by atoms with Crippen LogP contribution in [0, 0.1) is 0 Å². The molecule has 0 aliphatic carbocycles. The summed E-state index contributed by atoms with van der Waals surface area (Å²) in [5.41, 5.74) is 4.21. The molecule has 1 aliphatic rings. The van der Waals surface area contributed by atoms with E-state index in [1.165, 1.54) is 0 Å². The van der Waals surface area contributed by atoms with Gasteiger partial charge in [-0.25, -0.2) is 4.68 Å². The molecule has 6 rings (SSSR count). The number of ether oxygens (including phenoxy) is 4. The number of para-hydroxylation sites is 2. The van der Waals surface area contributed by atoms with Crippen molar-refractivity contribution in [3.63, 3.8) is 0 Å². The summed E-state index contributed by atoms with van der Waals surface area (Å²) in [7, 11) is 4.75. The lowest BCUT2D eigenvalue weighted by atomic mass is 9.94. The highest BCUT2D eigenvalue weighted by Gasteiger charge is 2.35. The first kappa shape index (κ1) is 29.3. The lowest BCUT2D eigenvalue weighted by Crippen LogP contribution is -2.31. The summed E-state index contributed by atoms with van der Waals surface area (Å²) < 4.78 is 24.3. The Bertz CT molecular complexity index is 1850. The van der Waals surface area contributed by atoms with Gasteiger partial charge in [0.2, 0.25) is 5.95 Å². The third-order valence-corrected chi connectivity index (χ3v) is 7.48. The quantitative estimate of drug-likeness (QED) is 0.187. The SMILES string of the molecule is COc1cc(OC)cc(-c2nc3n(n2)C(c2cccc(OCc4ccccc4)c2)C(C(=O)Nc2ccccc2OC)=C(C)N3)c1. The Morgan fingerprint density at radius 2 is 1.58 bits per heavy atom. The first-order chi connectivity index (χ1) is 22.0. The summed E-state index contributed by atoms with van der Waals surface area (Å²) in [6.45, 7) is 2.26. The number of methoxy groups -OCH3 is 3. The minimum absolute atomic E-state index is 0.309. The molecule has 1 aromatic heterocycles. The maximum absolute atomic E-state index is 14.1. The third-order valence-electron chi connectivity index (χ3n) is 7.48. The number of hydrogen-bond donors (Lipinski definition) is 2. The summed E-state index contributed by atoms with van der Waals surface area (Å²) in [5, 5.41) is 11.2. The lowest BCUT2D eigenvalue weighted by Gasteiger charge is -2.29. The third kappa shape index (κ3) is 6.16. The van der Waals surface area contributed by atoms with Gasteiger partial charge in [-0.15, -0.1) is 5.10 Å². The molecule has 10 nitrogen and oxygen atoms in total. The van der Waals surface area contributed by atoms with E-state index in [1.54, 1.807) is 44.2 Å². The van der Waals surface area contributed by atoms with E-state index in [2.05, 4.69) is 10.6 Å². The van der Waals surface area contributed by atoms with Crippen LogP contribution in [0.25, 0.3) is 11.4 Å².